The van der Waals surface area contributed by atoms with Crippen LogP contribution in [0, 0.1) is 0 Å². The minimum atomic E-state index is -4.58. The molecular formula is C36H39F3N6O4. The van der Waals surface area contributed by atoms with Gasteiger partial charge in [0, 0.05) is 75.2 Å². The Bertz CT molecular complexity index is 1640. The van der Waals surface area contributed by atoms with E-state index in [0.29, 0.717) is 43.9 Å². The molecule has 13 heteroatoms. The molecule has 2 aliphatic rings. The SMILES string of the molecule is CCOc1nc(OC)c(CN2C[C@@H]3CN(C(=O)c4ccncc4)CCN3[C@H](C(c3ccccc3)c3ccccc3)C2)c(OCC(F)(F)F)n1. The summed E-state index contributed by atoms with van der Waals surface area (Å²) < 4.78 is 56.3. The number of ether oxygens (including phenoxy) is 3. The molecule has 2 aromatic carbocycles. The minimum Gasteiger partial charge on any atom is -0.481 e. The average molecular weight is 677 g/mol. The number of halogens is 3. The smallest absolute Gasteiger partial charge is 0.422 e. The second-order valence-electron chi connectivity index (χ2n) is 12.1. The molecule has 0 radical (unpaired) electrons. The Morgan fingerprint density at radius 3 is 2.14 bits per heavy atom. The van der Waals surface area contributed by atoms with E-state index >= 15 is 0 Å². The number of rotatable bonds is 11. The van der Waals surface area contributed by atoms with Crippen molar-refractivity contribution in [2.75, 3.05) is 53.0 Å². The second kappa shape index (κ2) is 15.2. The summed E-state index contributed by atoms with van der Waals surface area (Å²) in [6, 6.07) is 23.8. The normalized spacial score (nSPS) is 18.6. The Labute approximate surface area is 283 Å². The molecule has 258 valence electrons. The first kappa shape index (κ1) is 34.1. The summed E-state index contributed by atoms with van der Waals surface area (Å²) in [5.41, 5.74) is 3.15. The van der Waals surface area contributed by atoms with Crippen LogP contribution in [0.4, 0.5) is 13.2 Å². The van der Waals surface area contributed by atoms with Crippen LogP contribution in [0.3, 0.4) is 0 Å². The minimum absolute atomic E-state index is 0.0328. The quantitative estimate of drug-likeness (QED) is 0.216. The first-order chi connectivity index (χ1) is 23.7. The standard InChI is InChI=1S/C36H39F3N6O4/c1-3-48-35-41-32(47-2)29(33(42-35)49-24-36(37,38)39)22-43-20-28-21-44(34(46)27-14-16-40-17-15-27)18-19-45(28)30(23-43)31(25-10-6-4-7-11-25)26-12-8-5-9-13-26/h4-17,28,30-31H,3,18-24H2,1-2H3/t28-,30+/m1/s1. The van der Waals surface area contributed by atoms with Crippen LogP contribution in [-0.2, 0) is 6.54 Å². The zero-order valence-corrected chi connectivity index (χ0v) is 27.4. The van der Waals surface area contributed by atoms with Gasteiger partial charge >= 0.3 is 12.2 Å². The van der Waals surface area contributed by atoms with Crippen molar-refractivity contribution in [2.45, 2.75) is 37.6 Å². The predicted octanol–water partition coefficient (Wildman–Crippen LogP) is 5.06. The van der Waals surface area contributed by atoms with Gasteiger partial charge in [-0.2, -0.15) is 23.1 Å². The van der Waals surface area contributed by atoms with Crippen LogP contribution in [0.5, 0.6) is 17.8 Å². The van der Waals surface area contributed by atoms with E-state index in [2.05, 4.69) is 49.0 Å². The van der Waals surface area contributed by atoms with Crippen molar-refractivity contribution in [1.82, 2.24) is 29.7 Å². The van der Waals surface area contributed by atoms with Crippen LogP contribution < -0.4 is 14.2 Å². The summed E-state index contributed by atoms with van der Waals surface area (Å²) in [4.78, 5) is 32.7. The molecule has 2 saturated heterocycles. The maximum atomic E-state index is 13.6. The number of aromatic nitrogens is 3. The Morgan fingerprint density at radius 2 is 1.53 bits per heavy atom. The molecule has 0 bridgehead atoms. The van der Waals surface area contributed by atoms with Gasteiger partial charge in [-0.1, -0.05) is 60.7 Å². The highest BCUT2D eigenvalue weighted by atomic mass is 19.4. The van der Waals surface area contributed by atoms with Crippen LogP contribution >= 0.6 is 0 Å². The molecular weight excluding hydrogens is 637 g/mol. The summed E-state index contributed by atoms with van der Waals surface area (Å²) >= 11 is 0. The monoisotopic (exact) mass is 676 g/mol. The van der Waals surface area contributed by atoms with Crippen LogP contribution in [0.1, 0.15) is 39.9 Å². The molecule has 4 heterocycles. The van der Waals surface area contributed by atoms with E-state index in [0.717, 1.165) is 11.1 Å². The summed E-state index contributed by atoms with van der Waals surface area (Å²) in [6.45, 7) is 3.34. The average Bonchev–Trinajstić information content (AvgIpc) is 3.12. The van der Waals surface area contributed by atoms with Crippen LogP contribution in [0.15, 0.2) is 85.2 Å². The number of pyridine rings is 1. The molecule has 2 aliphatic heterocycles. The molecule has 49 heavy (non-hydrogen) atoms. The Balaban J connectivity index is 1.38. The van der Waals surface area contributed by atoms with Crippen molar-refractivity contribution in [3.8, 4) is 17.8 Å². The van der Waals surface area contributed by atoms with Crippen molar-refractivity contribution < 1.29 is 32.2 Å². The van der Waals surface area contributed by atoms with Gasteiger partial charge in [0.05, 0.1) is 19.3 Å². The Hall–Kier alpha value is -4.75. The Kier molecular flexibility index (Phi) is 10.6. The molecule has 0 saturated carbocycles. The van der Waals surface area contributed by atoms with E-state index in [1.165, 1.54) is 7.11 Å². The number of nitrogens with zero attached hydrogens (tertiary/aromatic N) is 6. The molecule has 2 aromatic heterocycles. The number of benzene rings is 2. The fourth-order valence-corrected chi connectivity index (χ4v) is 6.87. The van der Waals surface area contributed by atoms with E-state index in [-0.39, 0.29) is 54.8 Å². The zero-order valence-electron chi connectivity index (χ0n) is 27.4. The fourth-order valence-electron chi connectivity index (χ4n) is 6.87. The van der Waals surface area contributed by atoms with Crippen molar-refractivity contribution >= 4 is 5.91 Å². The van der Waals surface area contributed by atoms with Gasteiger partial charge in [-0.3, -0.25) is 19.6 Å². The molecule has 2 atom stereocenters. The lowest BCUT2D eigenvalue weighted by Crippen LogP contribution is -2.67. The van der Waals surface area contributed by atoms with E-state index in [9.17, 15) is 18.0 Å². The van der Waals surface area contributed by atoms with Crippen LogP contribution in [0.25, 0.3) is 0 Å². The Morgan fingerprint density at radius 1 is 0.878 bits per heavy atom. The highest BCUT2D eigenvalue weighted by molar-refractivity contribution is 5.94. The largest absolute Gasteiger partial charge is 0.481 e. The van der Waals surface area contributed by atoms with Gasteiger partial charge in [-0.25, -0.2) is 0 Å². The van der Waals surface area contributed by atoms with Gasteiger partial charge in [0.1, 0.15) is 0 Å². The fraction of sp³-hybridized carbons (Fsp3) is 0.389. The number of carbonyl (C=O) groups is 1. The van der Waals surface area contributed by atoms with Gasteiger partial charge in [0.2, 0.25) is 11.8 Å². The lowest BCUT2D eigenvalue weighted by Gasteiger charge is -2.53. The highest BCUT2D eigenvalue weighted by Gasteiger charge is 2.43. The van der Waals surface area contributed by atoms with Gasteiger partial charge < -0.3 is 19.1 Å². The molecule has 6 rings (SSSR count). The van der Waals surface area contributed by atoms with Gasteiger partial charge in [-0.05, 0) is 30.2 Å². The van der Waals surface area contributed by atoms with Crippen molar-refractivity contribution in [2.24, 2.45) is 0 Å². The first-order valence-corrected chi connectivity index (χ1v) is 16.3. The topological polar surface area (TPSA) is 93.2 Å². The maximum Gasteiger partial charge on any atom is 0.422 e. The van der Waals surface area contributed by atoms with E-state index in [4.69, 9.17) is 14.2 Å². The summed E-state index contributed by atoms with van der Waals surface area (Å²) in [7, 11) is 1.40. The number of hydrogen-bond donors (Lipinski definition) is 0. The van der Waals surface area contributed by atoms with Gasteiger partial charge in [0.15, 0.2) is 6.61 Å². The van der Waals surface area contributed by atoms with Gasteiger partial charge in [-0.15, -0.1) is 0 Å². The third-order valence-corrected chi connectivity index (χ3v) is 8.92. The number of alkyl halides is 3. The van der Waals surface area contributed by atoms with Crippen molar-refractivity contribution in [3.05, 3.63) is 107 Å². The molecule has 2 fully saturated rings. The summed E-state index contributed by atoms with van der Waals surface area (Å²) in [6.07, 6.45) is -1.36. The number of methoxy groups -OCH3 is 1. The predicted molar refractivity (Wildman–Crippen MR) is 176 cm³/mol. The van der Waals surface area contributed by atoms with E-state index in [1.54, 1.807) is 31.5 Å². The number of amides is 1. The molecule has 0 spiro atoms. The van der Waals surface area contributed by atoms with Crippen molar-refractivity contribution in [1.29, 1.82) is 0 Å². The van der Waals surface area contributed by atoms with Crippen LogP contribution in [-0.4, -0.2) is 107 Å². The third kappa shape index (κ3) is 8.11. The summed E-state index contributed by atoms with van der Waals surface area (Å²) in [5.74, 6) is -0.264. The number of hydrogen-bond acceptors (Lipinski definition) is 9. The lowest BCUT2D eigenvalue weighted by atomic mass is 9.81. The molecule has 0 aliphatic carbocycles. The second-order valence-corrected chi connectivity index (χ2v) is 12.1. The van der Waals surface area contributed by atoms with E-state index in [1.807, 2.05) is 41.3 Å². The third-order valence-electron chi connectivity index (χ3n) is 8.92. The lowest BCUT2D eigenvalue weighted by molar-refractivity contribution is -0.154. The van der Waals surface area contributed by atoms with Crippen LogP contribution in [0.2, 0.25) is 0 Å². The molecule has 0 N–H and O–H groups in total. The molecule has 10 nitrogen and oxygen atoms in total. The first-order valence-electron chi connectivity index (χ1n) is 16.3. The molecule has 0 unspecified atom stereocenters. The number of fused-ring (bicyclic) bond motifs is 1. The van der Waals surface area contributed by atoms with Gasteiger partial charge in [0.25, 0.3) is 5.91 Å². The van der Waals surface area contributed by atoms with Crippen molar-refractivity contribution in [3.63, 3.8) is 0 Å². The highest BCUT2D eigenvalue weighted by Crippen LogP contribution is 2.38. The molecule has 4 aromatic rings. The number of piperazine rings is 2. The number of carbonyl (C=O) groups excluding carboxylic acids is 1. The van der Waals surface area contributed by atoms with E-state index < -0.39 is 12.8 Å². The molecule has 1 amide bonds. The maximum absolute atomic E-state index is 13.6. The summed E-state index contributed by atoms with van der Waals surface area (Å²) in [5, 5.41) is 0. The zero-order chi connectivity index (χ0) is 34.4.